The minimum atomic E-state index is 0.228. The van der Waals surface area contributed by atoms with Gasteiger partial charge in [0.15, 0.2) is 0 Å². The SMILES string of the molecule is Oc1ccc(C2CCCN2)c(Cl)c1. The van der Waals surface area contributed by atoms with Gasteiger partial charge in [-0.3, -0.25) is 0 Å². The summed E-state index contributed by atoms with van der Waals surface area (Å²) in [7, 11) is 0. The number of nitrogens with one attached hydrogen (secondary N) is 1. The van der Waals surface area contributed by atoms with E-state index in [0.29, 0.717) is 11.1 Å². The van der Waals surface area contributed by atoms with Gasteiger partial charge >= 0.3 is 0 Å². The smallest absolute Gasteiger partial charge is 0.117 e. The Bertz CT molecular complexity index is 308. The van der Waals surface area contributed by atoms with Gasteiger partial charge in [-0.1, -0.05) is 17.7 Å². The average Bonchev–Trinajstić information content (AvgIpc) is 2.56. The first-order valence-electron chi connectivity index (χ1n) is 4.49. The van der Waals surface area contributed by atoms with E-state index in [9.17, 15) is 5.11 Å². The first kappa shape index (κ1) is 8.85. The Morgan fingerprint density at radius 2 is 2.31 bits per heavy atom. The summed E-state index contributed by atoms with van der Waals surface area (Å²) in [6.45, 7) is 1.06. The van der Waals surface area contributed by atoms with Crippen molar-refractivity contribution in [2.45, 2.75) is 18.9 Å². The van der Waals surface area contributed by atoms with Crippen molar-refractivity contribution in [1.29, 1.82) is 0 Å². The van der Waals surface area contributed by atoms with Crippen LogP contribution in [0.4, 0.5) is 0 Å². The topological polar surface area (TPSA) is 32.3 Å². The highest BCUT2D eigenvalue weighted by Gasteiger charge is 2.18. The molecule has 0 radical (unpaired) electrons. The zero-order chi connectivity index (χ0) is 9.26. The molecule has 0 amide bonds. The summed E-state index contributed by atoms with van der Waals surface area (Å²) in [5.74, 6) is 0.228. The van der Waals surface area contributed by atoms with E-state index in [0.717, 1.165) is 18.5 Å². The molecule has 1 unspecified atom stereocenters. The Hall–Kier alpha value is -0.730. The third-order valence-corrected chi connectivity index (χ3v) is 2.75. The van der Waals surface area contributed by atoms with Gasteiger partial charge in [0, 0.05) is 11.1 Å². The molecule has 1 aromatic rings. The highest BCUT2D eigenvalue weighted by Crippen LogP contribution is 2.31. The lowest BCUT2D eigenvalue weighted by atomic mass is 10.1. The normalized spacial score (nSPS) is 22.1. The van der Waals surface area contributed by atoms with Crippen LogP contribution in [0.25, 0.3) is 0 Å². The number of hydrogen-bond donors (Lipinski definition) is 2. The average molecular weight is 198 g/mol. The second-order valence-corrected chi connectivity index (χ2v) is 3.76. The molecule has 1 fully saturated rings. The molecule has 1 saturated heterocycles. The number of benzene rings is 1. The zero-order valence-electron chi connectivity index (χ0n) is 7.26. The Labute approximate surface area is 82.5 Å². The fourth-order valence-corrected chi connectivity index (χ4v) is 2.06. The van der Waals surface area contributed by atoms with Gasteiger partial charge < -0.3 is 10.4 Å². The number of rotatable bonds is 1. The Balaban J connectivity index is 2.29. The quantitative estimate of drug-likeness (QED) is 0.725. The van der Waals surface area contributed by atoms with Crippen LogP contribution in [0.3, 0.4) is 0 Å². The fraction of sp³-hybridized carbons (Fsp3) is 0.400. The van der Waals surface area contributed by atoms with Crippen molar-refractivity contribution >= 4 is 11.6 Å². The third kappa shape index (κ3) is 1.79. The summed E-state index contributed by atoms with van der Waals surface area (Å²) in [4.78, 5) is 0. The molecule has 2 N–H and O–H groups in total. The van der Waals surface area contributed by atoms with Crippen LogP contribution in [0.1, 0.15) is 24.4 Å². The fourth-order valence-electron chi connectivity index (χ4n) is 1.75. The van der Waals surface area contributed by atoms with Crippen LogP contribution in [-0.4, -0.2) is 11.7 Å². The molecular weight excluding hydrogens is 186 g/mol. The van der Waals surface area contributed by atoms with Gasteiger partial charge in [0.2, 0.25) is 0 Å². The molecule has 0 saturated carbocycles. The number of hydrogen-bond acceptors (Lipinski definition) is 2. The summed E-state index contributed by atoms with van der Waals surface area (Å²) in [5.41, 5.74) is 1.09. The van der Waals surface area contributed by atoms with Gasteiger partial charge in [0.1, 0.15) is 5.75 Å². The maximum absolute atomic E-state index is 9.18. The molecule has 0 aliphatic carbocycles. The van der Waals surface area contributed by atoms with E-state index in [1.54, 1.807) is 12.1 Å². The van der Waals surface area contributed by atoms with Crippen molar-refractivity contribution in [1.82, 2.24) is 5.32 Å². The van der Waals surface area contributed by atoms with E-state index >= 15 is 0 Å². The van der Waals surface area contributed by atoms with Gasteiger partial charge in [0.25, 0.3) is 0 Å². The van der Waals surface area contributed by atoms with Crippen molar-refractivity contribution in [2.75, 3.05) is 6.54 Å². The van der Waals surface area contributed by atoms with Crippen LogP contribution < -0.4 is 5.32 Å². The monoisotopic (exact) mass is 197 g/mol. The standard InChI is InChI=1S/C10H12ClNO/c11-9-6-7(13)3-4-8(9)10-2-1-5-12-10/h3-4,6,10,12-13H,1-2,5H2. The first-order chi connectivity index (χ1) is 6.27. The van der Waals surface area contributed by atoms with E-state index in [1.165, 1.54) is 6.42 Å². The van der Waals surface area contributed by atoms with E-state index in [4.69, 9.17) is 11.6 Å². The number of phenolic OH excluding ortho intramolecular Hbond substituents is 1. The zero-order valence-corrected chi connectivity index (χ0v) is 8.01. The minimum Gasteiger partial charge on any atom is -0.508 e. The molecule has 0 spiro atoms. The molecule has 1 aliphatic heterocycles. The van der Waals surface area contributed by atoms with Crippen molar-refractivity contribution < 1.29 is 5.11 Å². The van der Waals surface area contributed by atoms with Crippen LogP contribution >= 0.6 is 11.6 Å². The highest BCUT2D eigenvalue weighted by atomic mass is 35.5. The lowest BCUT2D eigenvalue weighted by Crippen LogP contribution is -2.12. The van der Waals surface area contributed by atoms with Crippen LogP contribution in [0, 0.1) is 0 Å². The van der Waals surface area contributed by atoms with Crippen LogP contribution in [0.15, 0.2) is 18.2 Å². The molecule has 2 rings (SSSR count). The molecule has 3 heteroatoms. The van der Waals surface area contributed by atoms with Crippen LogP contribution in [0.2, 0.25) is 5.02 Å². The van der Waals surface area contributed by atoms with Crippen molar-refractivity contribution in [2.24, 2.45) is 0 Å². The van der Waals surface area contributed by atoms with Crippen LogP contribution in [0.5, 0.6) is 5.75 Å². The summed E-state index contributed by atoms with van der Waals surface area (Å²) in [6, 6.07) is 5.53. The molecule has 1 atom stereocenters. The molecule has 1 heterocycles. The predicted molar refractivity (Wildman–Crippen MR) is 53.1 cm³/mol. The molecule has 1 aliphatic rings. The summed E-state index contributed by atoms with van der Waals surface area (Å²) < 4.78 is 0. The third-order valence-electron chi connectivity index (χ3n) is 2.42. The molecule has 0 aromatic heterocycles. The number of aromatic hydroxyl groups is 1. The summed E-state index contributed by atoms with van der Waals surface area (Å²) >= 11 is 6.01. The largest absolute Gasteiger partial charge is 0.508 e. The van der Waals surface area contributed by atoms with E-state index in [-0.39, 0.29) is 5.75 Å². The highest BCUT2D eigenvalue weighted by molar-refractivity contribution is 6.31. The maximum atomic E-state index is 9.18. The van der Waals surface area contributed by atoms with Gasteiger partial charge in [-0.05, 0) is 37.1 Å². The number of phenols is 1. The molecular formula is C10H12ClNO. The van der Waals surface area contributed by atoms with Crippen molar-refractivity contribution in [3.05, 3.63) is 28.8 Å². The lowest BCUT2D eigenvalue weighted by Gasteiger charge is -2.12. The number of halogens is 1. The predicted octanol–water partition coefficient (Wildman–Crippen LogP) is 2.47. The Morgan fingerprint density at radius 1 is 1.46 bits per heavy atom. The van der Waals surface area contributed by atoms with Gasteiger partial charge in [-0.25, -0.2) is 0 Å². The van der Waals surface area contributed by atoms with Gasteiger partial charge in [-0.15, -0.1) is 0 Å². The summed E-state index contributed by atoms with van der Waals surface area (Å²) in [5, 5.41) is 13.2. The van der Waals surface area contributed by atoms with Crippen molar-refractivity contribution in [3.63, 3.8) is 0 Å². The van der Waals surface area contributed by atoms with E-state index in [2.05, 4.69) is 5.32 Å². The Kier molecular flexibility index (Phi) is 2.42. The molecule has 2 nitrogen and oxygen atoms in total. The second-order valence-electron chi connectivity index (χ2n) is 3.35. The first-order valence-corrected chi connectivity index (χ1v) is 4.87. The molecule has 0 bridgehead atoms. The molecule has 13 heavy (non-hydrogen) atoms. The maximum Gasteiger partial charge on any atom is 0.117 e. The molecule has 70 valence electrons. The van der Waals surface area contributed by atoms with E-state index < -0.39 is 0 Å². The Morgan fingerprint density at radius 3 is 2.92 bits per heavy atom. The summed E-state index contributed by atoms with van der Waals surface area (Å²) in [6.07, 6.45) is 2.33. The molecule has 1 aromatic carbocycles. The van der Waals surface area contributed by atoms with E-state index in [1.807, 2.05) is 6.07 Å². The lowest BCUT2D eigenvalue weighted by molar-refractivity contribution is 0.474. The van der Waals surface area contributed by atoms with Gasteiger partial charge in [-0.2, -0.15) is 0 Å². The van der Waals surface area contributed by atoms with Crippen LogP contribution in [-0.2, 0) is 0 Å². The van der Waals surface area contributed by atoms with Gasteiger partial charge in [0.05, 0.1) is 0 Å². The minimum absolute atomic E-state index is 0.228. The van der Waals surface area contributed by atoms with Crippen molar-refractivity contribution in [3.8, 4) is 5.75 Å². The second kappa shape index (κ2) is 3.56.